The van der Waals surface area contributed by atoms with E-state index in [0.717, 1.165) is 65.9 Å². The Balaban J connectivity index is 1.20. The molecule has 0 saturated carbocycles. The van der Waals surface area contributed by atoms with E-state index < -0.39 is 39.5 Å². The molecule has 250 valence electrons. The molecule has 9 nitrogen and oxygen atoms in total. The standard InChI is InChI=1S/C34H32F4N6O3S/c35-28-9-11-29(12-10-28)48(46,47)44-14-2-4-31(44)33(45)40-22-25-19-30(26-5-7-27(8-6-26)34(36,37)38)41-32(20-25)43-17-15-42(16-18-43)23-24-3-1-13-39-21-24/h1-13,19-21,31H,14-18,22-23H2,(H,40,45)/t31-/m0/s1. The Morgan fingerprint density at radius 2 is 1.67 bits per heavy atom. The summed E-state index contributed by atoms with van der Waals surface area (Å²) in [5.41, 5.74) is 1.88. The molecule has 0 bridgehead atoms. The van der Waals surface area contributed by atoms with Crippen LogP contribution in [0.1, 0.15) is 16.7 Å². The smallest absolute Gasteiger partial charge is 0.354 e. The summed E-state index contributed by atoms with van der Waals surface area (Å²) in [4.78, 5) is 26.6. The minimum Gasteiger partial charge on any atom is -0.354 e. The van der Waals surface area contributed by atoms with Gasteiger partial charge in [0.1, 0.15) is 17.7 Å². The fourth-order valence-corrected chi connectivity index (χ4v) is 7.20. The molecular formula is C34H32F4N6O3S. The Kier molecular flexibility index (Phi) is 9.58. The highest BCUT2D eigenvalue weighted by Crippen LogP contribution is 2.32. The zero-order chi connectivity index (χ0) is 33.9. The van der Waals surface area contributed by atoms with Crippen molar-refractivity contribution in [2.24, 2.45) is 0 Å². The van der Waals surface area contributed by atoms with Crippen molar-refractivity contribution >= 4 is 21.7 Å². The summed E-state index contributed by atoms with van der Waals surface area (Å²) in [6.45, 7) is 3.54. The first kappa shape index (κ1) is 33.2. The van der Waals surface area contributed by atoms with E-state index in [4.69, 9.17) is 4.98 Å². The molecule has 1 amide bonds. The average Bonchev–Trinajstić information content (AvgIpc) is 3.59. The zero-order valence-corrected chi connectivity index (χ0v) is 26.5. The number of nitrogens with zero attached hydrogens (tertiary/aromatic N) is 5. The summed E-state index contributed by atoms with van der Waals surface area (Å²) in [5, 5.41) is 2.81. The van der Waals surface area contributed by atoms with Crippen molar-refractivity contribution in [1.29, 1.82) is 0 Å². The van der Waals surface area contributed by atoms with Gasteiger partial charge in [0.05, 0.1) is 16.2 Å². The lowest BCUT2D eigenvalue weighted by Crippen LogP contribution is -2.46. The van der Waals surface area contributed by atoms with E-state index >= 15 is 0 Å². The number of alkyl halides is 3. The maximum Gasteiger partial charge on any atom is 0.416 e. The van der Waals surface area contributed by atoms with Crippen LogP contribution in [0.3, 0.4) is 0 Å². The molecule has 1 saturated heterocycles. The third kappa shape index (κ3) is 7.56. The van der Waals surface area contributed by atoms with E-state index in [1.165, 1.54) is 18.2 Å². The average molecular weight is 681 g/mol. The monoisotopic (exact) mass is 680 g/mol. The molecule has 6 rings (SSSR count). The lowest BCUT2D eigenvalue weighted by molar-refractivity contribution is -0.137. The maximum absolute atomic E-state index is 13.4. The van der Waals surface area contributed by atoms with Crippen molar-refractivity contribution in [2.75, 3.05) is 37.6 Å². The number of benzene rings is 2. The van der Waals surface area contributed by atoms with Crippen LogP contribution in [0.5, 0.6) is 0 Å². The molecule has 1 fully saturated rings. The molecule has 0 aliphatic carbocycles. The third-order valence-electron chi connectivity index (χ3n) is 8.27. The van der Waals surface area contributed by atoms with E-state index in [9.17, 15) is 30.8 Å². The molecule has 1 N–H and O–H groups in total. The fraction of sp³-hybridized carbons (Fsp3) is 0.265. The van der Waals surface area contributed by atoms with Crippen LogP contribution in [0.2, 0.25) is 0 Å². The molecule has 2 aromatic heterocycles. The molecule has 2 aliphatic heterocycles. The quantitative estimate of drug-likeness (QED) is 0.199. The SMILES string of the molecule is O=C(NCc1cc(-c2ccc(C(F)(F)F)cc2)nc(N2CCN(Cc3cccnc3)CC2)c1)[C@@H]1C=CCN1S(=O)(=O)c1ccc(F)cc1. The summed E-state index contributed by atoms with van der Waals surface area (Å²) < 4.78 is 80.7. The second kappa shape index (κ2) is 13.8. The Morgan fingerprint density at radius 3 is 2.33 bits per heavy atom. The number of nitrogens with one attached hydrogen (secondary N) is 1. The third-order valence-corrected chi connectivity index (χ3v) is 10.1. The largest absolute Gasteiger partial charge is 0.416 e. The van der Waals surface area contributed by atoms with Crippen molar-refractivity contribution < 1.29 is 30.8 Å². The number of sulfonamides is 1. The number of hydrogen-bond acceptors (Lipinski definition) is 7. The molecule has 2 aliphatic rings. The molecule has 1 atom stereocenters. The maximum atomic E-state index is 13.4. The number of carbonyl (C=O) groups excluding carboxylic acids is 1. The van der Waals surface area contributed by atoms with Crippen LogP contribution in [-0.2, 0) is 34.1 Å². The number of hydrogen-bond donors (Lipinski definition) is 1. The number of carbonyl (C=O) groups is 1. The highest BCUT2D eigenvalue weighted by Gasteiger charge is 2.36. The number of rotatable bonds is 9. The number of aromatic nitrogens is 2. The Hall–Kier alpha value is -4.66. The number of halogens is 4. The van der Waals surface area contributed by atoms with E-state index in [-0.39, 0.29) is 18.0 Å². The zero-order valence-electron chi connectivity index (χ0n) is 25.6. The normalized spacial score (nSPS) is 17.5. The number of amides is 1. The van der Waals surface area contributed by atoms with Crippen molar-refractivity contribution in [2.45, 2.75) is 30.2 Å². The van der Waals surface area contributed by atoms with Gasteiger partial charge in [-0.25, -0.2) is 17.8 Å². The lowest BCUT2D eigenvalue weighted by Gasteiger charge is -2.35. The van der Waals surface area contributed by atoms with E-state index in [1.807, 2.05) is 24.4 Å². The minimum atomic E-state index is -4.48. The minimum absolute atomic E-state index is 0.0116. The molecule has 0 radical (unpaired) electrons. The van der Waals surface area contributed by atoms with Gasteiger partial charge in [-0.15, -0.1) is 0 Å². The topological polar surface area (TPSA) is 98.7 Å². The summed E-state index contributed by atoms with van der Waals surface area (Å²) in [5.74, 6) is -0.534. The number of pyridine rings is 2. The Bertz CT molecular complexity index is 1880. The number of piperazine rings is 1. The highest BCUT2D eigenvalue weighted by atomic mass is 32.2. The van der Waals surface area contributed by atoms with Crippen LogP contribution in [0, 0.1) is 5.82 Å². The second-order valence-corrected chi connectivity index (χ2v) is 13.4. The van der Waals surface area contributed by atoms with Gasteiger partial charge >= 0.3 is 6.18 Å². The van der Waals surface area contributed by atoms with Crippen molar-refractivity contribution in [1.82, 2.24) is 24.5 Å². The summed E-state index contributed by atoms with van der Waals surface area (Å²) in [7, 11) is -4.10. The molecule has 2 aromatic carbocycles. The van der Waals surface area contributed by atoms with Crippen molar-refractivity contribution in [3.63, 3.8) is 0 Å². The Morgan fingerprint density at radius 1 is 0.938 bits per heavy atom. The van der Waals surface area contributed by atoms with Gasteiger partial charge < -0.3 is 10.2 Å². The van der Waals surface area contributed by atoms with E-state index in [2.05, 4.69) is 20.1 Å². The van der Waals surface area contributed by atoms with Crippen LogP contribution >= 0.6 is 0 Å². The van der Waals surface area contributed by atoms with Gasteiger partial charge in [0.15, 0.2) is 0 Å². The molecule has 48 heavy (non-hydrogen) atoms. The predicted molar refractivity (Wildman–Crippen MR) is 171 cm³/mol. The molecular weight excluding hydrogens is 648 g/mol. The predicted octanol–water partition coefficient (Wildman–Crippen LogP) is 4.87. The van der Waals surface area contributed by atoms with Gasteiger partial charge in [-0.2, -0.15) is 17.5 Å². The van der Waals surface area contributed by atoms with Gasteiger partial charge in [0.2, 0.25) is 15.9 Å². The van der Waals surface area contributed by atoms with Crippen LogP contribution in [0.15, 0.2) is 102 Å². The lowest BCUT2D eigenvalue weighted by atomic mass is 10.1. The van der Waals surface area contributed by atoms with Crippen LogP contribution in [0.25, 0.3) is 11.3 Å². The Labute approximate surface area is 275 Å². The van der Waals surface area contributed by atoms with Gasteiger partial charge in [-0.05, 0) is 65.7 Å². The highest BCUT2D eigenvalue weighted by molar-refractivity contribution is 7.89. The van der Waals surface area contributed by atoms with Crippen LogP contribution < -0.4 is 10.2 Å². The molecule has 4 aromatic rings. The summed E-state index contributed by atoms with van der Waals surface area (Å²) >= 11 is 0. The van der Waals surface area contributed by atoms with E-state index in [1.54, 1.807) is 18.3 Å². The summed E-state index contributed by atoms with van der Waals surface area (Å²) in [6.07, 6.45) is 2.15. The molecule has 0 unspecified atom stereocenters. The molecule has 14 heteroatoms. The van der Waals surface area contributed by atoms with Gasteiger partial charge in [0, 0.05) is 63.8 Å². The van der Waals surface area contributed by atoms with Gasteiger partial charge in [-0.3, -0.25) is 14.7 Å². The van der Waals surface area contributed by atoms with Crippen molar-refractivity contribution in [3.05, 3.63) is 120 Å². The van der Waals surface area contributed by atoms with Gasteiger partial charge in [0.25, 0.3) is 0 Å². The van der Waals surface area contributed by atoms with Crippen LogP contribution in [-0.4, -0.2) is 72.3 Å². The molecule has 0 spiro atoms. The van der Waals surface area contributed by atoms with Crippen LogP contribution in [0.4, 0.5) is 23.4 Å². The first-order chi connectivity index (χ1) is 23.0. The van der Waals surface area contributed by atoms with E-state index in [0.29, 0.717) is 35.7 Å². The molecule has 4 heterocycles. The summed E-state index contributed by atoms with van der Waals surface area (Å²) in [6, 6.07) is 15.4. The fourth-order valence-electron chi connectivity index (χ4n) is 5.70. The van der Waals surface area contributed by atoms with Gasteiger partial charge in [-0.1, -0.05) is 30.4 Å². The first-order valence-electron chi connectivity index (χ1n) is 15.2. The second-order valence-electron chi connectivity index (χ2n) is 11.5. The van der Waals surface area contributed by atoms with Crippen molar-refractivity contribution in [3.8, 4) is 11.3 Å². The first-order valence-corrected chi connectivity index (χ1v) is 16.7. The number of anilines is 1.